The fourth-order valence-corrected chi connectivity index (χ4v) is 3.87. The number of carbonyl (C=O) groups excluding carboxylic acids is 3. The summed E-state index contributed by atoms with van der Waals surface area (Å²) in [7, 11) is 0.308. The van der Waals surface area contributed by atoms with Crippen molar-refractivity contribution >= 4 is 100 Å². The molecule has 2 aromatic carbocycles. The maximum Gasteiger partial charge on any atom is 0.328 e. The Morgan fingerprint density at radius 1 is 0.979 bits per heavy atom. The molecule has 0 spiro atoms. The molecular formula is C28H30ClF3I2N6O7S. The molecule has 48 heavy (non-hydrogen) atoms. The molecule has 0 saturated heterocycles. The Hall–Kier alpha value is -3.41. The fourth-order valence-electron chi connectivity index (χ4n) is 2.96. The zero-order chi connectivity index (χ0) is 37.7. The monoisotopic (exact) mass is 941 g/mol. The van der Waals surface area contributed by atoms with Gasteiger partial charge in [0.2, 0.25) is 15.0 Å². The smallest absolute Gasteiger partial charge is 0.328 e. The lowest BCUT2D eigenvalue weighted by atomic mass is 10.3. The van der Waals surface area contributed by atoms with Crippen LogP contribution in [0.1, 0.15) is 39.9 Å². The van der Waals surface area contributed by atoms with Crippen molar-refractivity contribution in [3.8, 4) is 12.1 Å². The Labute approximate surface area is 308 Å². The molecule has 0 aromatic heterocycles. The average molecular weight is 942 g/mol. The van der Waals surface area contributed by atoms with Crippen molar-refractivity contribution in [3.63, 3.8) is 0 Å². The summed E-state index contributed by atoms with van der Waals surface area (Å²) < 4.78 is 62.8. The molecule has 0 radical (unpaired) electrons. The molecule has 5 amide bonds. The molecule has 0 aliphatic heterocycles. The summed E-state index contributed by atoms with van der Waals surface area (Å²) in [4.78, 5) is 45.5. The zero-order valence-corrected chi connectivity index (χ0v) is 30.9. The van der Waals surface area contributed by atoms with Crippen molar-refractivity contribution in [3.05, 3.63) is 55.2 Å². The highest BCUT2D eigenvalue weighted by molar-refractivity contribution is 14.1. The maximum atomic E-state index is 13.7. The SMILES string of the molecule is CS(=O)(=O)Cl.N#CCC(=O)N(C(=O)Nc1ccc(I)cc1F)C1CC1.N#CCC(=O)O.O=C(Nc1ccc(I)cc1F)NC1CC1.[2H]CF. The predicted molar refractivity (Wildman–Crippen MR) is 188 cm³/mol. The van der Waals surface area contributed by atoms with Crippen LogP contribution in [0, 0.1) is 41.4 Å². The van der Waals surface area contributed by atoms with Gasteiger partial charge in [0.1, 0.15) is 24.5 Å². The number of carbonyl (C=O) groups is 4. The Morgan fingerprint density at radius 3 is 1.75 bits per heavy atom. The second-order valence-electron chi connectivity index (χ2n) is 9.29. The van der Waals surface area contributed by atoms with Gasteiger partial charge in [-0.3, -0.25) is 18.9 Å². The standard InChI is InChI=1S/C13H11FIN3O2.C10H10FIN2O.C3H3NO2.CH3ClO2S.CH3F/c14-10-7-8(15)1-4-11(10)17-13(20)18(9-2-3-9)12(19)5-6-16;11-8-5-6(12)1-4-9(8)14-10(15)13-7-2-3-7;4-2-1-3(5)6;1-5(2,3)4;1-2/h1,4,7,9H,2-3,5H2,(H,17,20);1,4-5,7H,2-3H2,(H2,13,14,15);1H2,(H,5,6);1H3;1H3/i;;;;1D. The Balaban J connectivity index is 0.000000694. The molecule has 0 bridgehead atoms. The van der Waals surface area contributed by atoms with Crippen LogP contribution < -0.4 is 16.0 Å². The van der Waals surface area contributed by atoms with Crippen molar-refractivity contribution in [1.29, 1.82) is 10.5 Å². The number of aliphatic carboxylic acids is 1. The first kappa shape index (κ1) is 42.6. The van der Waals surface area contributed by atoms with Crippen LogP contribution in [0.5, 0.6) is 0 Å². The number of hydrogen-bond donors (Lipinski definition) is 4. The van der Waals surface area contributed by atoms with Crippen LogP contribution in [0.25, 0.3) is 0 Å². The molecule has 2 aliphatic carbocycles. The molecule has 0 heterocycles. The minimum absolute atomic E-state index is 0.0193. The lowest BCUT2D eigenvalue weighted by Crippen LogP contribution is -2.41. The number of rotatable bonds is 6. The minimum atomic E-state index is -3.19. The first-order chi connectivity index (χ1) is 22.9. The number of anilines is 2. The van der Waals surface area contributed by atoms with Crippen LogP contribution in [0.3, 0.4) is 0 Å². The maximum absolute atomic E-state index is 13.7. The van der Waals surface area contributed by atoms with Crippen LogP contribution in [0.4, 0.5) is 34.1 Å². The highest BCUT2D eigenvalue weighted by Gasteiger charge is 2.37. The Morgan fingerprint density at radius 2 is 1.42 bits per heavy atom. The lowest BCUT2D eigenvalue weighted by molar-refractivity contribution is -0.135. The molecule has 2 fully saturated rings. The quantitative estimate of drug-likeness (QED) is 0.188. The van der Waals surface area contributed by atoms with Gasteiger partial charge in [-0.15, -0.1) is 0 Å². The molecule has 4 N–H and O–H groups in total. The number of urea groups is 2. The summed E-state index contributed by atoms with van der Waals surface area (Å²) in [6, 6.07) is 11.3. The first-order valence-electron chi connectivity index (χ1n) is 13.9. The third-order valence-corrected chi connectivity index (χ3v) is 6.47. The molecule has 20 heteroatoms. The highest BCUT2D eigenvalue weighted by Crippen LogP contribution is 2.28. The molecule has 13 nitrogen and oxygen atoms in total. The van der Waals surface area contributed by atoms with E-state index >= 15 is 0 Å². The summed E-state index contributed by atoms with van der Waals surface area (Å²) >= 11 is 3.98. The van der Waals surface area contributed by atoms with Crippen molar-refractivity contribution < 1.29 is 47.2 Å². The second kappa shape index (κ2) is 23.0. The minimum Gasteiger partial charge on any atom is -0.480 e. The normalized spacial score (nSPS) is 12.6. The first-order valence-corrected chi connectivity index (χ1v) is 18.0. The summed E-state index contributed by atoms with van der Waals surface area (Å²) in [5.41, 5.74) is 0.236. The molecule has 2 aliphatic rings. The summed E-state index contributed by atoms with van der Waals surface area (Å²) in [5, 5.41) is 31.4. The third-order valence-electron chi connectivity index (χ3n) is 5.12. The van der Waals surface area contributed by atoms with Gasteiger partial charge < -0.3 is 21.1 Å². The third kappa shape index (κ3) is 21.5. The molecular weight excluding hydrogens is 911 g/mol. The van der Waals surface area contributed by atoms with E-state index in [1.54, 1.807) is 24.3 Å². The van der Waals surface area contributed by atoms with E-state index in [2.05, 4.69) is 26.6 Å². The molecule has 262 valence electrons. The number of alkyl halides is 1. The van der Waals surface area contributed by atoms with Gasteiger partial charge in [-0.25, -0.2) is 26.8 Å². The molecule has 0 unspecified atom stereocenters. The number of nitriles is 2. The summed E-state index contributed by atoms with van der Waals surface area (Å²) in [5.74, 6) is -2.60. The van der Waals surface area contributed by atoms with Gasteiger partial charge in [-0.2, -0.15) is 10.5 Å². The predicted octanol–water partition coefficient (Wildman–Crippen LogP) is 6.34. The van der Waals surface area contributed by atoms with E-state index in [0.29, 0.717) is 3.57 Å². The number of nitrogens with zero attached hydrogens (tertiary/aromatic N) is 3. The van der Waals surface area contributed by atoms with Crippen LogP contribution in [-0.2, 0) is 18.6 Å². The Kier molecular flexibility index (Phi) is 20.4. The molecule has 2 aromatic rings. The van der Waals surface area contributed by atoms with E-state index in [9.17, 15) is 40.8 Å². The number of nitrogens with one attached hydrogen (secondary N) is 3. The number of hydrogen-bond acceptors (Lipinski definition) is 8. The van der Waals surface area contributed by atoms with Gasteiger partial charge in [0, 0.05) is 29.9 Å². The van der Waals surface area contributed by atoms with E-state index < -0.39 is 52.2 Å². The topological polar surface area (TPSA) is 210 Å². The van der Waals surface area contributed by atoms with Crippen molar-refractivity contribution in [2.24, 2.45) is 0 Å². The van der Waals surface area contributed by atoms with E-state index in [1.165, 1.54) is 24.3 Å². The number of benzene rings is 2. The average Bonchev–Trinajstić information content (AvgIpc) is 3.90. The van der Waals surface area contributed by atoms with Gasteiger partial charge in [-0.05, 0) is 107 Å². The van der Waals surface area contributed by atoms with Gasteiger partial charge in [0.05, 0.1) is 38.3 Å². The van der Waals surface area contributed by atoms with Crippen LogP contribution >= 0.6 is 55.9 Å². The van der Waals surface area contributed by atoms with Crippen molar-refractivity contribution in [1.82, 2.24) is 10.2 Å². The Bertz CT molecular complexity index is 1640. The van der Waals surface area contributed by atoms with Crippen molar-refractivity contribution in [2.75, 3.05) is 24.0 Å². The molecule has 4 rings (SSSR count). The number of halogens is 6. The second-order valence-corrected chi connectivity index (χ2v) is 14.8. The van der Waals surface area contributed by atoms with Gasteiger partial charge in [0.25, 0.3) is 0 Å². The van der Waals surface area contributed by atoms with E-state index in [4.69, 9.17) is 17.0 Å². The highest BCUT2D eigenvalue weighted by atomic mass is 127. The lowest BCUT2D eigenvalue weighted by Gasteiger charge is -2.20. The number of carboxylic acid groups (broad SMARTS) is 1. The number of carboxylic acids is 1. The molecule has 2 saturated carbocycles. The van der Waals surface area contributed by atoms with Gasteiger partial charge in [-0.1, -0.05) is 0 Å². The summed E-state index contributed by atoms with van der Waals surface area (Å²) in [6.07, 6.45) is 3.64. The van der Waals surface area contributed by atoms with E-state index in [0.717, 1.165) is 40.4 Å². The zero-order valence-electron chi connectivity index (χ0n) is 26.0. The van der Waals surface area contributed by atoms with Gasteiger partial charge >= 0.3 is 18.0 Å². The van der Waals surface area contributed by atoms with E-state index in [-0.39, 0.29) is 35.9 Å². The fraction of sp³-hybridized carbons (Fsp3) is 0.357. The van der Waals surface area contributed by atoms with Crippen molar-refractivity contribution in [2.45, 2.75) is 50.6 Å². The largest absolute Gasteiger partial charge is 0.480 e. The molecule has 0 atom stereocenters. The van der Waals surface area contributed by atoms with Crippen LogP contribution in [-0.4, -0.2) is 67.9 Å². The number of amides is 5. The number of imide groups is 1. The van der Waals surface area contributed by atoms with Crippen LogP contribution in [0.15, 0.2) is 36.4 Å². The van der Waals surface area contributed by atoms with Crippen LogP contribution in [0.2, 0.25) is 0 Å². The van der Waals surface area contributed by atoms with Gasteiger partial charge in [0.15, 0.2) is 0 Å². The summed E-state index contributed by atoms with van der Waals surface area (Å²) in [6.45, 7) is 0. The van der Waals surface area contributed by atoms with E-state index in [1.807, 2.05) is 45.2 Å².